The molecule has 0 saturated heterocycles. The number of benzene rings is 1. The molecule has 0 amide bonds. The smallest absolute Gasteiger partial charge is 0.151 e. The molecule has 0 aliphatic heterocycles. The van der Waals surface area contributed by atoms with Crippen LogP contribution in [0.3, 0.4) is 0 Å². The molecule has 0 radical (unpaired) electrons. The first kappa shape index (κ1) is 10.1. The van der Waals surface area contributed by atoms with Crippen LogP contribution >= 0.6 is 8.58 Å². The van der Waals surface area contributed by atoms with E-state index in [4.69, 9.17) is 4.74 Å². The topological polar surface area (TPSA) is 35.0 Å². The predicted octanol–water partition coefficient (Wildman–Crippen LogP) is 1.11. The maximum Gasteiger partial charge on any atom is 0.151 e. The Morgan fingerprint density at radius 2 is 1.73 bits per heavy atom. The summed E-state index contributed by atoms with van der Waals surface area (Å²) < 4.78 is 5.09. The molecule has 1 unspecified atom stereocenters. The van der Waals surface area contributed by atoms with Gasteiger partial charge < -0.3 is 4.74 Å². The third kappa shape index (κ3) is 2.74. The lowest BCUT2D eigenvalue weighted by atomic mass is 10.3. The van der Waals surface area contributed by atoms with Crippen molar-refractivity contribution in [2.75, 3.05) is 7.11 Å². The van der Waals surface area contributed by atoms with E-state index in [0.29, 0.717) is 8.58 Å². The minimum absolute atomic E-state index is 0.497. The third-order valence-corrected chi connectivity index (χ3v) is 3.02. The summed E-state index contributed by atoms with van der Waals surface area (Å²) in [4.78, 5) is 8.37. The quantitative estimate of drug-likeness (QED) is 0.724. The van der Waals surface area contributed by atoms with Crippen molar-refractivity contribution in [3.8, 4) is 5.75 Å². The molecule has 0 bridgehead atoms. The first-order chi connectivity index (χ1) is 7.38. The Labute approximate surface area is 90.3 Å². The van der Waals surface area contributed by atoms with Crippen LogP contribution in [-0.4, -0.2) is 17.1 Å². The molecule has 0 saturated carbocycles. The summed E-state index contributed by atoms with van der Waals surface area (Å²) in [6.07, 6.45) is 3.53. The molecule has 0 N–H and O–H groups in total. The first-order valence-corrected chi connectivity index (χ1v) is 5.56. The van der Waals surface area contributed by atoms with Gasteiger partial charge in [-0.25, -0.2) is 9.97 Å². The van der Waals surface area contributed by atoms with Crippen LogP contribution in [0.2, 0.25) is 0 Å². The van der Waals surface area contributed by atoms with Gasteiger partial charge in [-0.1, -0.05) is 12.1 Å². The van der Waals surface area contributed by atoms with Gasteiger partial charge in [0.25, 0.3) is 0 Å². The Bertz CT molecular complexity index is 416. The standard InChI is InChI=1S/C11H11N2OP/c1-14-9-3-5-10(6-4-9)15-11-12-7-2-8-13-11/h2-8,15H,1H3. The molecular weight excluding hydrogens is 207 g/mol. The van der Waals surface area contributed by atoms with E-state index in [0.717, 1.165) is 11.3 Å². The SMILES string of the molecule is COc1ccc(Pc2ncccn2)cc1. The zero-order valence-corrected chi connectivity index (χ0v) is 9.34. The van der Waals surface area contributed by atoms with Gasteiger partial charge in [0.2, 0.25) is 0 Å². The highest BCUT2D eigenvalue weighted by atomic mass is 31.1. The monoisotopic (exact) mass is 218 g/mol. The molecule has 2 rings (SSSR count). The Morgan fingerprint density at radius 1 is 1.07 bits per heavy atom. The van der Waals surface area contributed by atoms with Crippen LogP contribution < -0.4 is 15.6 Å². The van der Waals surface area contributed by atoms with Gasteiger partial charge in [-0.3, -0.25) is 0 Å². The van der Waals surface area contributed by atoms with Crippen molar-refractivity contribution in [3.05, 3.63) is 42.7 Å². The fourth-order valence-electron chi connectivity index (χ4n) is 1.17. The van der Waals surface area contributed by atoms with Crippen LogP contribution in [0.15, 0.2) is 42.7 Å². The zero-order chi connectivity index (χ0) is 10.5. The summed E-state index contributed by atoms with van der Waals surface area (Å²) in [6.45, 7) is 0. The number of ether oxygens (including phenoxy) is 1. The summed E-state index contributed by atoms with van der Waals surface area (Å²) in [5.74, 6) is 0.873. The largest absolute Gasteiger partial charge is 0.497 e. The van der Waals surface area contributed by atoms with Crippen LogP contribution in [0.5, 0.6) is 5.75 Å². The van der Waals surface area contributed by atoms with Gasteiger partial charge >= 0.3 is 0 Å². The number of methoxy groups -OCH3 is 1. The van der Waals surface area contributed by atoms with E-state index in [1.165, 1.54) is 5.30 Å². The maximum atomic E-state index is 5.09. The van der Waals surface area contributed by atoms with E-state index >= 15 is 0 Å². The van der Waals surface area contributed by atoms with Gasteiger partial charge in [0.15, 0.2) is 5.57 Å². The molecular formula is C11H11N2OP. The molecule has 1 atom stereocenters. The molecule has 0 aliphatic rings. The van der Waals surface area contributed by atoms with Gasteiger partial charge in [0.05, 0.1) is 7.11 Å². The molecule has 4 heteroatoms. The molecule has 1 aromatic carbocycles. The Kier molecular flexibility index (Phi) is 3.25. The minimum Gasteiger partial charge on any atom is -0.497 e. The summed E-state index contributed by atoms with van der Waals surface area (Å²) in [5, 5.41) is 1.21. The number of hydrogen-bond donors (Lipinski definition) is 0. The summed E-state index contributed by atoms with van der Waals surface area (Å²) >= 11 is 0. The van der Waals surface area contributed by atoms with Crippen molar-refractivity contribution in [2.24, 2.45) is 0 Å². The van der Waals surface area contributed by atoms with E-state index in [-0.39, 0.29) is 0 Å². The van der Waals surface area contributed by atoms with E-state index in [1.54, 1.807) is 19.5 Å². The second-order valence-corrected chi connectivity index (χ2v) is 4.20. The summed E-state index contributed by atoms with van der Waals surface area (Å²) in [6, 6.07) is 9.79. The van der Waals surface area contributed by atoms with Crippen molar-refractivity contribution in [1.29, 1.82) is 0 Å². The van der Waals surface area contributed by atoms with Crippen molar-refractivity contribution in [2.45, 2.75) is 0 Å². The maximum absolute atomic E-state index is 5.09. The van der Waals surface area contributed by atoms with Crippen LogP contribution in [0.1, 0.15) is 0 Å². The predicted molar refractivity (Wildman–Crippen MR) is 62.6 cm³/mol. The first-order valence-electron chi connectivity index (χ1n) is 4.56. The molecule has 2 aromatic rings. The van der Waals surface area contributed by atoms with Crippen LogP contribution in [0, 0.1) is 0 Å². The van der Waals surface area contributed by atoms with Crippen LogP contribution in [-0.2, 0) is 0 Å². The van der Waals surface area contributed by atoms with Gasteiger partial charge in [-0.2, -0.15) is 0 Å². The van der Waals surface area contributed by atoms with Crippen molar-refractivity contribution in [3.63, 3.8) is 0 Å². The molecule has 0 fully saturated rings. The molecule has 0 aliphatic carbocycles. The highest BCUT2D eigenvalue weighted by Gasteiger charge is 1.98. The zero-order valence-electron chi connectivity index (χ0n) is 8.34. The lowest BCUT2D eigenvalue weighted by Crippen LogP contribution is -2.09. The second-order valence-electron chi connectivity index (χ2n) is 2.93. The van der Waals surface area contributed by atoms with Crippen molar-refractivity contribution < 1.29 is 4.74 Å². The second kappa shape index (κ2) is 4.85. The number of hydrogen-bond acceptors (Lipinski definition) is 3. The average molecular weight is 218 g/mol. The van der Waals surface area contributed by atoms with Crippen LogP contribution in [0.4, 0.5) is 0 Å². The molecule has 1 heterocycles. The van der Waals surface area contributed by atoms with E-state index in [2.05, 4.69) is 9.97 Å². The lowest BCUT2D eigenvalue weighted by Gasteiger charge is -2.02. The minimum atomic E-state index is 0.497. The molecule has 76 valence electrons. The van der Waals surface area contributed by atoms with Crippen molar-refractivity contribution in [1.82, 2.24) is 9.97 Å². The Balaban J connectivity index is 2.11. The van der Waals surface area contributed by atoms with E-state index < -0.39 is 0 Å². The number of aromatic nitrogens is 2. The summed E-state index contributed by atoms with van der Waals surface area (Å²) in [5.41, 5.74) is 0.864. The average Bonchev–Trinajstić information content (AvgIpc) is 2.31. The van der Waals surface area contributed by atoms with Crippen molar-refractivity contribution >= 4 is 19.5 Å². The number of nitrogens with zero attached hydrogens (tertiary/aromatic N) is 2. The lowest BCUT2D eigenvalue weighted by molar-refractivity contribution is 0.415. The van der Waals surface area contributed by atoms with E-state index in [9.17, 15) is 0 Å². The van der Waals surface area contributed by atoms with Gasteiger partial charge in [0, 0.05) is 12.4 Å². The van der Waals surface area contributed by atoms with Gasteiger partial charge in [-0.05, 0) is 32.1 Å². The highest BCUT2D eigenvalue weighted by molar-refractivity contribution is 7.54. The normalized spacial score (nSPS) is 10.7. The molecule has 15 heavy (non-hydrogen) atoms. The molecule has 3 nitrogen and oxygen atoms in total. The van der Waals surface area contributed by atoms with Gasteiger partial charge in [-0.15, -0.1) is 0 Å². The van der Waals surface area contributed by atoms with Crippen LogP contribution in [0.25, 0.3) is 0 Å². The Morgan fingerprint density at radius 3 is 2.33 bits per heavy atom. The summed E-state index contributed by atoms with van der Waals surface area (Å²) in [7, 11) is 2.16. The molecule has 1 aromatic heterocycles. The van der Waals surface area contributed by atoms with E-state index in [1.807, 2.05) is 30.3 Å². The Hall–Kier alpha value is -1.47. The number of rotatable bonds is 3. The molecule has 0 spiro atoms. The highest BCUT2D eigenvalue weighted by Crippen LogP contribution is 2.12. The fourth-order valence-corrected chi connectivity index (χ4v) is 2.04. The third-order valence-electron chi connectivity index (χ3n) is 1.91. The fraction of sp³-hybridized carbons (Fsp3) is 0.0909. The van der Waals surface area contributed by atoms with Gasteiger partial charge in [0.1, 0.15) is 5.75 Å².